The maximum atomic E-state index is 12.2. The number of benzene rings is 1. The standard InChI is InChI=1S/C19H24N4O/c1-15-6-8-16(9-7-15)14-20-19(24)17-10-11-18(22-21-17)23-12-4-2-3-5-13-23/h6-11H,2-5,12-14H2,1H3,(H,20,24). The molecule has 0 unspecified atom stereocenters. The lowest BCUT2D eigenvalue weighted by Crippen LogP contribution is -2.27. The number of rotatable bonds is 4. The lowest BCUT2D eigenvalue weighted by atomic mass is 10.1. The number of nitrogens with zero attached hydrogens (tertiary/aromatic N) is 3. The molecule has 0 aliphatic carbocycles. The van der Waals surface area contributed by atoms with E-state index in [9.17, 15) is 4.79 Å². The Balaban J connectivity index is 1.58. The summed E-state index contributed by atoms with van der Waals surface area (Å²) in [5.41, 5.74) is 2.64. The van der Waals surface area contributed by atoms with Crippen molar-refractivity contribution in [3.05, 3.63) is 53.2 Å². The van der Waals surface area contributed by atoms with Crippen molar-refractivity contribution in [3.63, 3.8) is 0 Å². The highest BCUT2D eigenvalue weighted by atomic mass is 16.1. The predicted molar refractivity (Wildman–Crippen MR) is 95.1 cm³/mol. The van der Waals surface area contributed by atoms with E-state index in [4.69, 9.17) is 0 Å². The van der Waals surface area contributed by atoms with Gasteiger partial charge in [0.1, 0.15) is 0 Å². The fourth-order valence-corrected chi connectivity index (χ4v) is 2.89. The van der Waals surface area contributed by atoms with Crippen LogP contribution in [-0.2, 0) is 6.54 Å². The molecule has 0 saturated carbocycles. The van der Waals surface area contributed by atoms with E-state index < -0.39 is 0 Å². The molecular formula is C19H24N4O. The van der Waals surface area contributed by atoms with Gasteiger partial charge in [-0.25, -0.2) is 0 Å². The van der Waals surface area contributed by atoms with E-state index in [0.717, 1.165) is 24.5 Å². The van der Waals surface area contributed by atoms with Gasteiger partial charge in [-0.3, -0.25) is 4.79 Å². The van der Waals surface area contributed by atoms with E-state index in [1.807, 2.05) is 37.3 Å². The molecule has 5 nitrogen and oxygen atoms in total. The molecule has 3 rings (SSSR count). The molecule has 1 N–H and O–H groups in total. The van der Waals surface area contributed by atoms with Gasteiger partial charge in [0.05, 0.1) is 0 Å². The Bertz CT molecular complexity index is 659. The van der Waals surface area contributed by atoms with Crippen molar-refractivity contribution in [2.24, 2.45) is 0 Å². The number of carbonyl (C=O) groups is 1. The Kier molecular flexibility index (Phi) is 5.41. The van der Waals surface area contributed by atoms with Gasteiger partial charge in [0, 0.05) is 19.6 Å². The van der Waals surface area contributed by atoms with Crippen molar-refractivity contribution in [2.75, 3.05) is 18.0 Å². The van der Waals surface area contributed by atoms with Gasteiger partial charge in [0.2, 0.25) is 0 Å². The van der Waals surface area contributed by atoms with E-state index in [2.05, 4.69) is 20.4 Å². The molecular weight excluding hydrogens is 300 g/mol. The summed E-state index contributed by atoms with van der Waals surface area (Å²) in [6.45, 7) is 4.58. The van der Waals surface area contributed by atoms with Crippen LogP contribution in [0, 0.1) is 6.92 Å². The lowest BCUT2D eigenvalue weighted by Gasteiger charge is -2.20. The summed E-state index contributed by atoms with van der Waals surface area (Å²) >= 11 is 0. The summed E-state index contributed by atoms with van der Waals surface area (Å²) in [5.74, 6) is 0.678. The zero-order chi connectivity index (χ0) is 16.8. The molecule has 126 valence electrons. The highest BCUT2D eigenvalue weighted by molar-refractivity contribution is 5.92. The average Bonchev–Trinajstić information content (AvgIpc) is 2.90. The van der Waals surface area contributed by atoms with Gasteiger partial charge in [-0.1, -0.05) is 42.7 Å². The Morgan fingerprint density at radius 2 is 1.71 bits per heavy atom. The van der Waals surface area contributed by atoms with Crippen LogP contribution in [0.5, 0.6) is 0 Å². The number of aryl methyl sites for hydroxylation is 1. The smallest absolute Gasteiger partial charge is 0.272 e. The molecule has 1 saturated heterocycles. The first-order valence-electron chi connectivity index (χ1n) is 8.65. The molecule has 1 fully saturated rings. The van der Waals surface area contributed by atoms with E-state index in [1.54, 1.807) is 6.07 Å². The average molecular weight is 324 g/mol. The molecule has 1 aliphatic heterocycles. The van der Waals surface area contributed by atoms with E-state index in [-0.39, 0.29) is 5.91 Å². The summed E-state index contributed by atoms with van der Waals surface area (Å²) < 4.78 is 0. The van der Waals surface area contributed by atoms with Crippen molar-refractivity contribution in [2.45, 2.75) is 39.2 Å². The Labute approximate surface area is 143 Å². The van der Waals surface area contributed by atoms with Crippen molar-refractivity contribution in [1.29, 1.82) is 0 Å². The fourth-order valence-electron chi connectivity index (χ4n) is 2.89. The number of anilines is 1. The topological polar surface area (TPSA) is 58.1 Å². The Morgan fingerprint density at radius 1 is 1.00 bits per heavy atom. The molecule has 1 aliphatic rings. The number of aromatic nitrogens is 2. The van der Waals surface area contributed by atoms with Gasteiger partial charge >= 0.3 is 0 Å². The maximum Gasteiger partial charge on any atom is 0.272 e. The van der Waals surface area contributed by atoms with Crippen LogP contribution >= 0.6 is 0 Å². The molecule has 1 aromatic heterocycles. The Morgan fingerprint density at radius 3 is 2.33 bits per heavy atom. The second-order valence-electron chi connectivity index (χ2n) is 6.35. The lowest BCUT2D eigenvalue weighted by molar-refractivity contribution is 0.0945. The van der Waals surface area contributed by atoms with Crippen molar-refractivity contribution < 1.29 is 4.79 Å². The molecule has 1 aromatic carbocycles. The van der Waals surface area contributed by atoms with Crippen LogP contribution in [-0.4, -0.2) is 29.2 Å². The van der Waals surface area contributed by atoms with Crippen molar-refractivity contribution >= 4 is 11.7 Å². The summed E-state index contributed by atoms with van der Waals surface area (Å²) in [7, 11) is 0. The normalized spacial score (nSPS) is 15.0. The molecule has 0 spiro atoms. The molecule has 0 atom stereocenters. The van der Waals surface area contributed by atoms with Crippen molar-refractivity contribution in [1.82, 2.24) is 15.5 Å². The third-order valence-corrected chi connectivity index (χ3v) is 4.39. The first-order valence-corrected chi connectivity index (χ1v) is 8.65. The van der Waals surface area contributed by atoms with Gasteiger partial charge < -0.3 is 10.2 Å². The second-order valence-corrected chi connectivity index (χ2v) is 6.35. The van der Waals surface area contributed by atoms with Gasteiger partial charge in [0.25, 0.3) is 5.91 Å². The van der Waals surface area contributed by atoms with Crippen molar-refractivity contribution in [3.8, 4) is 0 Å². The van der Waals surface area contributed by atoms with Crippen LogP contribution in [0.15, 0.2) is 36.4 Å². The van der Waals surface area contributed by atoms with E-state index in [1.165, 1.54) is 31.2 Å². The molecule has 0 bridgehead atoms. The largest absolute Gasteiger partial charge is 0.355 e. The zero-order valence-corrected chi connectivity index (χ0v) is 14.2. The molecule has 2 aromatic rings. The predicted octanol–water partition coefficient (Wildman–Crippen LogP) is 3.10. The molecule has 0 radical (unpaired) electrons. The minimum Gasteiger partial charge on any atom is -0.355 e. The van der Waals surface area contributed by atoms with Gasteiger partial charge in [-0.05, 0) is 37.5 Å². The van der Waals surface area contributed by atoms with Crippen LogP contribution in [0.25, 0.3) is 0 Å². The summed E-state index contributed by atoms with van der Waals surface area (Å²) in [5, 5.41) is 11.2. The minimum atomic E-state index is -0.189. The summed E-state index contributed by atoms with van der Waals surface area (Å²) in [4.78, 5) is 14.5. The summed E-state index contributed by atoms with van der Waals surface area (Å²) in [6, 6.07) is 11.8. The van der Waals surface area contributed by atoms with Gasteiger partial charge in [-0.2, -0.15) is 0 Å². The molecule has 1 amide bonds. The van der Waals surface area contributed by atoms with Crippen LogP contribution in [0.1, 0.15) is 47.3 Å². The first kappa shape index (κ1) is 16.4. The van der Waals surface area contributed by atoms with Gasteiger partial charge in [0.15, 0.2) is 11.5 Å². The Hall–Kier alpha value is -2.43. The number of hydrogen-bond acceptors (Lipinski definition) is 4. The van der Waals surface area contributed by atoms with E-state index in [0.29, 0.717) is 12.2 Å². The zero-order valence-electron chi connectivity index (χ0n) is 14.2. The third-order valence-electron chi connectivity index (χ3n) is 4.39. The second kappa shape index (κ2) is 7.90. The number of hydrogen-bond donors (Lipinski definition) is 1. The van der Waals surface area contributed by atoms with Crippen LogP contribution in [0.4, 0.5) is 5.82 Å². The van der Waals surface area contributed by atoms with E-state index >= 15 is 0 Å². The monoisotopic (exact) mass is 324 g/mol. The molecule has 5 heteroatoms. The van der Waals surface area contributed by atoms with Crippen LogP contribution < -0.4 is 10.2 Å². The number of nitrogens with one attached hydrogen (secondary N) is 1. The number of carbonyl (C=O) groups excluding carboxylic acids is 1. The molecule has 2 heterocycles. The first-order chi connectivity index (χ1) is 11.7. The quantitative estimate of drug-likeness (QED) is 0.939. The fraction of sp³-hybridized carbons (Fsp3) is 0.421. The van der Waals surface area contributed by atoms with Crippen LogP contribution in [0.3, 0.4) is 0 Å². The van der Waals surface area contributed by atoms with Gasteiger partial charge in [-0.15, -0.1) is 10.2 Å². The van der Waals surface area contributed by atoms with Crippen LogP contribution in [0.2, 0.25) is 0 Å². The summed E-state index contributed by atoms with van der Waals surface area (Å²) in [6.07, 6.45) is 4.95. The SMILES string of the molecule is Cc1ccc(CNC(=O)c2ccc(N3CCCCCC3)nn2)cc1. The number of amides is 1. The highest BCUT2D eigenvalue weighted by Crippen LogP contribution is 2.16. The third kappa shape index (κ3) is 4.31. The highest BCUT2D eigenvalue weighted by Gasteiger charge is 2.13. The minimum absolute atomic E-state index is 0.189. The maximum absolute atomic E-state index is 12.2. The molecule has 24 heavy (non-hydrogen) atoms.